The zero-order chi connectivity index (χ0) is 22.1. The Kier molecular flexibility index (Phi) is 5.33. The number of aromatic nitrogens is 3. The van der Waals surface area contributed by atoms with Gasteiger partial charge in [0, 0.05) is 30.4 Å². The van der Waals surface area contributed by atoms with E-state index in [2.05, 4.69) is 22.8 Å². The van der Waals surface area contributed by atoms with Gasteiger partial charge in [-0.25, -0.2) is 9.97 Å². The zero-order valence-electron chi connectivity index (χ0n) is 18.1. The number of rotatable bonds is 5. The predicted molar refractivity (Wildman–Crippen MR) is 125 cm³/mol. The fourth-order valence-corrected chi connectivity index (χ4v) is 4.37. The van der Waals surface area contributed by atoms with E-state index in [0.29, 0.717) is 18.1 Å². The van der Waals surface area contributed by atoms with E-state index in [1.54, 1.807) is 6.07 Å². The summed E-state index contributed by atoms with van der Waals surface area (Å²) in [6.45, 7) is 4.40. The van der Waals surface area contributed by atoms with E-state index in [1.807, 2.05) is 47.9 Å². The van der Waals surface area contributed by atoms with E-state index < -0.39 is 5.91 Å². The lowest BCUT2D eigenvalue weighted by molar-refractivity contribution is 0.0994. The van der Waals surface area contributed by atoms with Crippen LogP contribution in [0, 0.1) is 6.92 Å². The number of hydrogen-bond donors (Lipinski definition) is 3. The van der Waals surface area contributed by atoms with Crippen LogP contribution < -0.4 is 16.4 Å². The van der Waals surface area contributed by atoms with Crippen LogP contribution in [-0.4, -0.2) is 26.8 Å². The van der Waals surface area contributed by atoms with Crippen molar-refractivity contribution in [3.8, 4) is 11.4 Å². The Morgan fingerprint density at radius 1 is 1.16 bits per heavy atom. The van der Waals surface area contributed by atoms with Gasteiger partial charge in [-0.15, -0.1) is 0 Å². The van der Waals surface area contributed by atoms with Gasteiger partial charge in [0.05, 0.1) is 11.2 Å². The third-order valence-corrected chi connectivity index (χ3v) is 5.94. The van der Waals surface area contributed by atoms with Gasteiger partial charge >= 0.3 is 0 Å². The monoisotopic (exact) mass is 426 g/mol. The molecule has 0 atom stereocenters. The molecule has 1 aromatic carbocycles. The van der Waals surface area contributed by atoms with Gasteiger partial charge in [0.1, 0.15) is 11.5 Å². The highest BCUT2D eigenvalue weighted by atomic mass is 16.1. The molecule has 0 unspecified atom stereocenters. The lowest BCUT2D eigenvalue weighted by Crippen LogP contribution is -2.16. The number of nitrogens with one attached hydrogen (secondary N) is 2. The van der Waals surface area contributed by atoms with Gasteiger partial charge in [-0.2, -0.15) is 0 Å². The van der Waals surface area contributed by atoms with Crippen molar-refractivity contribution in [1.29, 1.82) is 0 Å². The van der Waals surface area contributed by atoms with Gasteiger partial charge in [0.25, 0.3) is 5.91 Å². The average Bonchev–Trinajstić information content (AvgIpc) is 2.96. The van der Waals surface area contributed by atoms with Crippen LogP contribution in [0.1, 0.15) is 39.3 Å². The second-order valence-corrected chi connectivity index (χ2v) is 8.16. The van der Waals surface area contributed by atoms with E-state index >= 15 is 0 Å². The third kappa shape index (κ3) is 3.71. The smallest absolute Gasteiger partial charge is 0.265 e. The molecule has 5 rings (SSSR count). The highest BCUT2D eigenvalue weighted by Crippen LogP contribution is 2.31. The number of hydrogen-bond acceptors (Lipinski definition) is 5. The molecule has 3 aromatic heterocycles. The van der Waals surface area contributed by atoms with Gasteiger partial charge in [-0.3, -0.25) is 4.79 Å². The quantitative estimate of drug-likeness (QED) is 0.454. The molecule has 4 aromatic rings. The highest BCUT2D eigenvalue weighted by Gasteiger charge is 2.21. The van der Waals surface area contributed by atoms with E-state index in [1.165, 1.54) is 5.56 Å². The number of anilines is 1. The first-order chi connectivity index (χ1) is 15.6. The average molecular weight is 427 g/mol. The molecule has 0 saturated heterocycles. The molecule has 4 heterocycles. The minimum Gasteiger partial charge on any atom is -0.366 e. The summed E-state index contributed by atoms with van der Waals surface area (Å²) in [4.78, 5) is 21.9. The molecule has 1 aliphatic heterocycles. The molecule has 0 spiro atoms. The van der Waals surface area contributed by atoms with E-state index in [9.17, 15) is 4.79 Å². The second kappa shape index (κ2) is 8.43. The lowest BCUT2D eigenvalue weighted by atomic mass is 10.1. The summed E-state index contributed by atoms with van der Waals surface area (Å²) in [5, 5.41) is 7.03. The molecule has 7 heteroatoms. The number of aryl methyl sites for hydroxylation is 2. The summed E-state index contributed by atoms with van der Waals surface area (Å²) in [7, 11) is 0. The van der Waals surface area contributed by atoms with E-state index in [0.717, 1.165) is 59.7 Å². The SMILES string of the molecule is Cc1cn2c(C(N)=O)cccc2c1-c1nc2c(c(NCc3ccccc3)n1)CNCCC2. The Labute approximate surface area is 186 Å². The van der Waals surface area contributed by atoms with Crippen LogP contribution in [0.3, 0.4) is 0 Å². The first-order valence-electron chi connectivity index (χ1n) is 10.9. The molecule has 1 aliphatic rings. The number of amides is 1. The van der Waals surface area contributed by atoms with E-state index in [4.69, 9.17) is 15.7 Å². The van der Waals surface area contributed by atoms with Crippen LogP contribution in [0.4, 0.5) is 5.82 Å². The fraction of sp³-hybridized carbons (Fsp3) is 0.240. The molecule has 0 saturated carbocycles. The highest BCUT2D eigenvalue weighted by molar-refractivity contribution is 5.93. The zero-order valence-corrected chi connectivity index (χ0v) is 18.1. The predicted octanol–water partition coefficient (Wildman–Crippen LogP) is 3.45. The minimum absolute atomic E-state index is 0.443. The van der Waals surface area contributed by atoms with Crippen LogP contribution in [0.25, 0.3) is 16.9 Å². The minimum atomic E-state index is -0.462. The second-order valence-electron chi connectivity index (χ2n) is 8.16. The van der Waals surface area contributed by atoms with Crippen molar-refractivity contribution in [3.63, 3.8) is 0 Å². The molecule has 0 radical (unpaired) electrons. The standard InChI is InChI=1S/C25H26N6O/c1-16-15-31-20(10-5-11-21(31)23(26)32)22(16)25-29-19-9-6-12-27-14-18(19)24(30-25)28-13-17-7-3-2-4-8-17/h2-5,7-8,10-11,15,27H,6,9,12-14H2,1H3,(H2,26,32)(H,28,29,30). The number of benzene rings is 1. The maximum atomic E-state index is 11.9. The van der Waals surface area contributed by atoms with Crippen molar-refractivity contribution < 1.29 is 4.79 Å². The molecule has 4 N–H and O–H groups in total. The number of carbonyl (C=O) groups is 1. The topological polar surface area (TPSA) is 97.3 Å². The Hall–Kier alpha value is -3.71. The summed E-state index contributed by atoms with van der Waals surface area (Å²) in [5.74, 6) is 1.06. The first kappa shape index (κ1) is 20.2. The van der Waals surface area contributed by atoms with Crippen molar-refractivity contribution in [3.05, 3.63) is 82.8 Å². The molecule has 0 fully saturated rings. The normalized spacial score (nSPS) is 13.5. The van der Waals surface area contributed by atoms with Gasteiger partial charge in [0.15, 0.2) is 5.82 Å². The summed E-state index contributed by atoms with van der Waals surface area (Å²) >= 11 is 0. The fourth-order valence-electron chi connectivity index (χ4n) is 4.37. The van der Waals surface area contributed by atoms with Gasteiger partial charge in [-0.1, -0.05) is 36.4 Å². The largest absolute Gasteiger partial charge is 0.366 e. The molecule has 0 bridgehead atoms. The maximum Gasteiger partial charge on any atom is 0.265 e. The third-order valence-electron chi connectivity index (χ3n) is 5.94. The van der Waals surface area contributed by atoms with Crippen LogP contribution in [0.5, 0.6) is 0 Å². The van der Waals surface area contributed by atoms with Crippen LogP contribution in [0.2, 0.25) is 0 Å². The summed E-state index contributed by atoms with van der Waals surface area (Å²) < 4.78 is 1.83. The molecule has 32 heavy (non-hydrogen) atoms. The van der Waals surface area contributed by atoms with Gasteiger partial charge < -0.3 is 20.8 Å². The first-order valence-corrected chi connectivity index (χ1v) is 10.9. The molecule has 0 aliphatic carbocycles. The molecular formula is C25H26N6O. The van der Waals surface area contributed by atoms with Gasteiger partial charge in [-0.05, 0) is 49.6 Å². The molecule has 162 valence electrons. The Balaban J connectivity index is 1.63. The van der Waals surface area contributed by atoms with Crippen molar-refractivity contribution in [2.24, 2.45) is 5.73 Å². The van der Waals surface area contributed by atoms with Crippen molar-refractivity contribution >= 4 is 17.2 Å². The van der Waals surface area contributed by atoms with Crippen LogP contribution >= 0.6 is 0 Å². The number of primary amides is 1. The summed E-state index contributed by atoms with van der Waals surface area (Å²) in [6, 6.07) is 15.8. The lowest BCUT2D eigenvalue weighted by Gasteiger charge is -2.15. The number of carbonyl (C=O) groups excluding carboxylic acids is 1. The van der Waals surface area contributed by atoms with Crippen molar-refractivity contribution in [1.82, 2.24) is 19.7 Å². The summed E-state index contributed by atoms with van der Waals surface area (Å²) in [6.07, 6.45) is 3.86. The number of fused-ring (bicyclic) bond motifs is 2. The number of pyridine rings is 1. The molecule has 7 nitrogen and oxygen atoms in total. The number of nitrogens with zero attached hydrogens (tertiary/aromatic N) is 3. The Morgan fingerprint density at radius 3 is 2.81 bits per heavy atom. The Morgan fingerprint density at radius 2 is 2.00 bits per heavy atom. The Bertz CT molecular complexity index is 1300. The summed E-state index contributed by atoms with van der Waals surface area (Å²) in [5.41, 5.74) is 12.2. The van der Waals surface area contributed by atoms with Crippen molar-refractivity contribution in [2.75, 3.05) is 11.9 Å². The van der Waals surface area contributed by atoms with Crippen molar-refractivity contribution in [2.45, 2.75) is 32.9 Å². The molecule has 1 amide bonds. The number of nitrogens with two attached hydrogens (primary N) is 1. The van der Waals surface area contributed by atoms with Crippen LogP contribution in [0.15, 0.2) is 54.7 Å². The van der Waals surface area contributed by atoms with Gasteiger partial charge in [0.2, 0.25) is 0 Å². The molecular weight excluding hydrogens is 400 g/mol. The van der Waals surface area contributed by atoms with E-state index in [-0.39, 0.29) is 0 Å². The maximum absolute atomic E-state index is 11.9. The van der Waals surface area contributed by atoms with Crippen LogP contribution in [-0.2, 0) is 19.5 Å².